The molecule has 2 aliphatic heterocycles. The van der Waals surface area contributed by atoms with Crippen LogP contribution < -0.4 is 0 Å². The van der Waals surface area contributed by atoms with Gasteiger partial charge in [0.05, 0.1) is 25.8 Å². The minimum absolute atomic E-state index is 0.00724. The van der Waals surface area contributed by atoms with Crippen LogP contribution in [0.25, 0.3) is 0 Å². The maximum Gasteiger partial charge on any atom is 0.173 e. The summed E-state index contributed by atoms with van der Waals surface area (Å²) in [5.74, 6) is 0. The molecule has 1 N–H and O–H groups in total. The van der Waals surface area contributed by atoms with Gasteiger partial charge in [-0.25, -0.2) is 0 Å². The molecule has 0 spiro atoms. The zero-order chi connectivity index (χ0) is 12.4. The Morgan fingerprint density at radius 2 is 2.29 bits per heavy atom. The molecule has 0 saturated carbocycles. The van der Waals surface area contributed by atoms with Gasteiger partial charge in [0, 0.05) is 0 Å². The van der Waals surface area contributed by atoms with Crippen molar-refractivity contribution in [1.82, 2.24) is 5.06 Å². The number of nitrogens with zero attached hydrogens (tertiary/aromatic N) is 1. The maximum absolute atomic E-state index is 9.14. The van der Waals surface area contributed by atoms with Gasteiger partial charge in [-0.1, -0.05) is 13.5 Å². The quantitative estimate of drug-likeness (QED) is 0.720. The van der Waals surface area contributed by atoms with E-state index in [4.69, 9.17) is 19.4 Å². The Morgan fingerprint density at radius 1 is 1.53 bits per heavy atom. The van der Waals surface area contributed by atoms with Crippen LogP contribution in [0, 0.1) is 0 Å². The standard InChI is InChI=1S/C12H21NO4/c1-4-9(8(2)3)17-13-5-10-11(7-14)16-12(6-13)15-10/h9-12,14H,2,4-7H2,1,3H3/t9-,10+,11+,12+/m1/s1. The van der Waals surface area contributed by atoms with E-state index in [0.717, 1.165) is 12.0 Å². The number of rotatable bonds is 5. The van der Waals surface area contributed by atoms with Gasteiger partial charge in [0.25, 0.3) is 0 Å². The molecule has 0 aromatic carbocycles. The van der Waals surface area contributed by atoms with Crippen molar-refractivity contribution in [2.45, 2.75) is 44.9 Å². The predicted octanol–water partition coefficient (Wildman–Crippen LogP) is 0.691. The fourth-order valence-electron chi connectivity index (χ4n) is 2.23. The van der Waals surface area contributed by atoms with E-state index in [2.05, 4.69) is 13.5 Å². The molecule has 2 aliphatic rings. The Kier molecular flexibility index (Phi) is 4.17. The van der Waals surface area contributed by atoms with Crippen LogP contribution in [0.15, 0.2) is 12.2 Å². The first kappa shape index (κ1) is 13.0. The Bertz CT molecular complexity index is 284. The molecule has 2 bridgehead atoms. The number of hydroxylamine groups is 2. The largest absolute Gasteiger partial charge is 0.394 e. The predicted molar refractivity (Wildman–Crippen MR) is 62.2 cm³/mol. The fourth-order valence-corrected chi connectivity index (χ4v) is 2.23. The molecule has 17 heavy (non-hydrogen) atoms. The summed E-state index contributed by atoms with van der Waals surface area (Å²) >= 11 is 0. The van der Waals surface area contributed by atoms with Gasteiger partial charge in [-0.2, -0.15) is 5.06 Å². The number of ether oxygens (including phenoxy) is 2. The summed E-state index contributed by atoms with van der Waals surface area (Å²) in [6, 6.07) is 0. The van der Waals surface area contributed by atoms with Crippen LogP contribution in [-0.4, -0.2) is 54.5 Å². The van der Waals surface area contributed by atoms with Crippen LogP contribution >= 0.6 is 0 Å². The van der Waals surface area contributed by atoms with Gasteiger partial charge in [-0.15, -0.1) is 0 Å². The van der Waals surface area contributed by atoms with E-state index in [1.807, 2.05) is 12.0 Å². The fraction of sp³-hybridized carbons (Fsp3) is 0.833. The zero-order valence-electron chi connectivity index (χ0n) is 10.5. The molecule has 5 nitrogen and oxygen atoms in total. The Labute approximate surface area is 102 Å². The van der Waals surface area contributed by atoms with Gasteiger partial charge in [0.15, 0.2) is 6.29 Å². The summed E-state index contributed by atoms with van der Waals surface area (Å²) in [5.41, 5.74) is 1.02. The third-order valence-corrected chi connectivity index (χ3v) is 3.18. The highest BCUT2D eigenvalue weighted by Gasteiger charge is 2.42. The number of fused-ring (bicyclic) bond motifs is 2. The second-order valence-electron chi connectivity index (χ2n) is 4.66. The lowest BCUT2D eigenvalue weighted by Gasteiger charge is -2.32. The number of hydrogen-bond acceptors (Lipinski definition) is 5. The van der Waals surface area contributed by atoms with Crippen molar-refractivity contribution in [2.75, 3.05) is 19.7 Å². The van der Waals surface area contributed by atoms with Gasteiger partial charge in [0.2, 0.25) is 0 Å². The summed E-state index contributed by atoms with van der Waals surface area (Å²) in [4.78, 5) is 5.87. The highest BCUT2D eigenvalue weighted by atomic mass is 16.8. The minimum atomic E-state index is -0.284. The first-order chi connectivity index (χ1) is 8.13. The maximum atomic E-state index is 9.14. The second kappa shape index (κ2) is 5.46. The van der Waals surface area contributed by atoms with Crippen LogP contribution in [0.4, 0.5) is 0 Å². The Balaban J connectivity index is 1.90. The molecule has 0 aromatic heterocycles. The topological polar surface area (TPSA) is 51.2 Å². The number of aliphatic hydroxyl groups excluding tert-OH is 1. The molecule has 0 radical (unpaired) electrons. The molecule has 98 valence electrons. The summed E-state index contributed by atoms with van der Waals surface area (Å²) < 4.78 is 11.1. The van der Waals surface area contributed by atoms with Crippen molar-refractivity contribution in [3.63, 3.8) is 0 Å². The van der Waals surface area contributed by atoms with Crippen molar-refractivity contribution in [3.8, 4) is 0 Å². The van der Waals surface area contributed by atoms with E-state index in [0.29, 0.717) is 13.1 Å². The minimum Gasteiger partial charge on any atom is -0.394 e. The summed E-state index contributed by atoms with van der Waals surface area (Å²) in [6.45, 7) is 9.17. The van der Waals surface area contributed by atoms with Crippen molar-refractivity contribution in [3.05, 3.63) is 12.2 Å². The monoisotopic (exact) mass is 243 g/mol. The third-order valence-electron chi connectivity index (χ3n) is 3.18. The summed E-state index contributed by atoms with van der Waals surface area (Å²) in [6.07, 6.45) is 0.334. The van der Waals surface area contributed by atoms with E-state index in [1.54, 1.807) is 0 Å². The molecule has 0 amide bonds. The van der Waals surface area contributed by atoms with Crippen molar-refractivity contribution >= 4 is 0 Å². The summed E-state index contributed by atoms with van der Waals surface area (Å²) in [5, 5.41) is 11.0. The van der Waals surface area contributed by atoms with Crippen molar-refractivity contribution < 1.29 is 19.4 Å². The molecule has 0 aromatic rings. The lowest BCUT2D eigenvalue weighted by molar-refractivity contribution is -0.251. The highest BCUT2D eigenvalue weighted by Crippen LogP contribution is 2.26. The van der Waals surface area contributed by atoms with E-state index in [1.165, 1.54) is 0 Å². The van der Waals surface area contributed by atoms with Crippen molar-refractivity contribution in [2.24, 2.45) is 0 Å². The molecule has 4 atom stereocenters. The highest BCUT2D eigenvalue weighted by molar-refractivity contribution is 4.97. The zero-order valence-corrected chi connectivity index (χ0v) is 10.5. The van der Waals surface area contributed by atoms with Gasteiger partial charge < -0.3 is 14.6 Å². The molecule has 2 heterocycles. The first-order valence-electron chi connectivity index (χ1n) is 6.13. The van der Waals surface area contributed by atoms with Gasteiger partial charge in [0.1, 0.15) is 12.2 Å². The van der Waals surface area contributed by atoms with E-state index in [9.17, 15) is 0 Å². The Hall–Kier alpha value is -0.460. The Morgan fingerprint density at radius 3 is 2.88 bits per heavy atom. The van der Waals surface area contributed by atoms with E-state index in [-0.39, 0.29) is 31.2 Å². The molecule has 5 heteroatoms. The molecule has 0 aliphatic carbocycles. The molecule has 2 rings (SSSR count). The average molecular weight is 243 g/mol. The lowest BCUT2D eigenvalue weighted by atomic mass is 10.1. The molecule has 2 saturated heterocycles. The van der Waals surface area contributed by atoms with Gasteiger partial charge in [-0.05, 0) is 18.9 Å². The van der Waals surface area contributed by atoms with Gasteiger partial charge in [-0.3, -0.25) is 4.84 Å². The normalized spacial score (nSPS) is 34.9. The first-order valence-corrected chi connectivity index (χ1v) is 6.13. The molecule has 2 fully saturated rings. The van der Waals surface area contributed by atoms with Crippen molar-refractivity contribution in [1.29, 1.82) is 0 Å². The van der Waals surface area contributed by atoms with Crippen LogP contribution in [0.3, 0.4) is 0 Å². The average Bonchev–Trinajstić information content (AvgIpc) is 2.60. The van der Waals surface area contributed by atoms with E-state index >= 15 is 0 Å². The second-order valence-corrected chi connectivity index (χ2v) is 4.66. The number of hydrogen-bond donors (Lipinski definition) is 1. The SMILES string of the molecule is C=C(C)[C@@H](CC)ON1C[C@@H]2O[C@@H](CO)[C@H](C1)O2. The summed E-state index contributed by atoms with van der Waals surface area (Å²) in [7, 11) is 0. The van der Waals surface area contributed by atoms with E-state index < -0.39 is 0 Å². The molecular weight excluding hydrogens is 222 g/mol. The molecular formula is C12H21NO4. The smallest absolute Gasteiger partial charge is 0.173 e. The molecule has 0 unspecified atom stereocenters. The lowest BCUT2D eigenvalue weighted by Crippen LogP contribution is -2.46. The number of morpholine rings is 1. The van der Waals surface area contributed by atoms with Crippen LogP contribution in [0.5, 0.6) is 0 Å². The van der Waals surface area contributed by atoms with Gasteiger partial charge >= 0.3 is 0 Å². The third kappa shape index (κ3) is 2.86. The van der Waals surface area contributed by atoms with Crippen LogP contribution in [0.2, 0.25) is 0 Å². The number of aliphatic hydroxyl groups is 1. The van der Waals surface area contributed by atoms with Crippen LogP contribution in [-0.2, 0) is 14.3 Å². The van der Waals surface area contributed by atoms with Crippen LogP contribution in [0.1, 0.15) is 20.3 Å².